The summed E-state index contributed by atoms with van der Waals surface area (Å²) >= 11 is 6.06. The van der Waals surface area contributed by atoms with Crippen molar-refractivity contribution in [3.8, 4) is 17.0 Å². The zero-order valence-electron chi connectivity index (χ0n) is 14.5. The Balaban J connectivity index is 1.64. The van der Waals surface area contributed by atoms with Crippen LogP contribution >= 0.6 is 11.6 Å². The average Bonchev–Trinajstić information content (AvgIpc) is 3.48. The van der Waals surface area contributed by atoms with Gasteiger partial charge in [0.05, 0.1) is 0 Å². The second-order valence-electron chi connectivity index (χ2n) is 6.78. The van der Waals surface area contributed by atoms with Gasteiger partial charge in [0.1, 0.15) is 0 Å². The molecule has 0 atom stereocenters. The maximum atomic E-state index is 12.8. The van der Waals surface area contributed by atoms with Gasteiger partial charge in [-0.1, -0.05) is 48.0 Å². The topological polar surface area (TPSA) is 22.1 Å². The summed E-state index contributed by atoms with van der Waals surface area (Å²) in [4.78, 5) is 4.13. The summed E-state index contributed by atoms with van der Waals surface area (Å²) in [7, 11) is 0. The lowest BCUT2D eigenvalue weighted by Crippen LogP contribution is -2.05. The smallest absolute Gasteiger partial charge is 0.388 e. The minimum Gasteiger partial charge on any atom is -0.416 e. The van der Waals surface area contributed by atoms with Gasteiger partial charge in [-0.3, -0.25) is 0 Å². The predicted molar refractivity (Wildman–Crippen MR) is 103 cm³/mol. The molecule has 1 fully saturated rings. The molecule has 0 aliphatic heterocycles. The lowest BCUT2D eigenvalue weighted by molar-refractivity contribution is -0.0524. The summed E-state index contributed by atoms with van der Waals surface area (Å²) < 4.78 is 30.1. The summed E-state index contributed by atoms with van der Waals surface area (Å²) in [5.41, 5.74) is 4.66. The molecule has 1 saturated carbocycles. The standard InChI is InChI=1S/C22H18ClF2NO/c23-19-3-1-2-18(12-19)20-11-15(13-26-21(20)27-22(24)25)10-14-4-6-16(7-5-14)17-8-9-17/h1-7,11-13,17,22H,8-10H2. The third-order valence-corrected chi connectivity index (χ3v) is 4.92. The summed E-state index contributed by atoms with van der Waals surface area (Å²) in [5.74, 6) is 0.626. The number of rotatable bonds is 6. The largest absolute Gasteiger partial charge is 0.416 e. The van der Waals surface area contributed by atoms with E-state index >= 15 is 0 Å². The molecule has 0 saturated heterocycles. The van der Waals surface area contributed by atoms with E-state index in [-0.39, 0.29) is 5.88 Å². The molecule has 1 aromatic heterocycles. The van der Waals surface area contributed by atoms with Gasteiger partial charge in [-0.05, 0) is 65.6 Å². The van der Waals surface area contributed by atoms with Crippen LogP contribution < -0.4 is 4.74 Å². The van der Waals surface area contributed by atoms with Crippen molar-refractivity contribution in [1.82, 2.24) is 4.98 Å². The number of aromatic nitrogens is 1. The number of benzene rings is 2. The molecule has 1 aliphatic carbocycles. The Labute approximate surface area is 161 Å². The van der Waals surface area contributed by atoms with Crippen molar-refractivity contribution in [2.75, 3.05) is 0 Å². The Morgan fingerprint density at radius 2 is 1.81 bits per heavy atom. The van der Waals surface area contributed by atoms with Gasteiger partial charge in [0.15, 0.2) is 0 Å². The highest BCUT2D eigenvalue weighted by atomic mass is 35.5. The van der Waals surface area contributed by atoms with Gasteiger partial charge in [-0.15, -0.1) is 0 Å². The van der Waals surface area contributed by atoms with Crippen molar-refractivity contribution < 1.29 is 13.5 Å². The first-order valence-electron chi connectivity index (χ1n) is 8.87. The zero-order chi connectivity index (χ0) is 18.8. The second-order valence-corrected chi connectivity index (χ2v) is 7.21. The first-order valence-corrected chi connectivity index (χ1v) is 9.25. The van der Waals surface area contributed by atoms with Crippen LogP contribution in [0.25, 0.3) is 11.1 Å². The van der Waals surface area contributed by atoms with E-state index in [0.717, 1.165) is 17.0 Å². The number of halogens is 3. The van der Waals surface area contributed by atoms with E-state index in [2.05, 4.69) is 34.0 Å². The first-order chi connectivity index (χ1) is 13.1. The van der Waals surface area contributed by atoms with Crippen LogP contribution in [0.15, 0.2) is 60.8 Å². The number of hydrogen-bond donors (Lipinski definition) is 0. The molecule has 2 aromatic carbocycles. The molecule has 5 heteroatoms. The van der Waals surface area contributed by atoms with Crippen molar-refractivity contribution in [3.05, 3.63) is 82.5 Å². The first kappa shape index (κ1) is 17.9. The van der Waals surface area contributed by atoms with Crippen LogP contribution in [-0.4, -0.2) is 11.6 Å². The fraction of sp³-hybridized carbons (Fsp3) is 0.227. The van der Waals surface area contributed by atoms with E-state index in [4.69, 9.17) is 11.6 Å². The summed E-state index contributed by atoms with van der Waals surface area (Å²) in [5, 5.41) is 0.525. The Bertz CT molecular complexity index is 939. The third kappa shape index (κ3) is 4.45. The van der Waals surface area contributed by atoms with Crippen molar-refractivity contribution >= 4 is 11.6 Å². The highest BCUT2D eigenvalue weighted by Gasteiger charge is 2.23. The van der Waals surface area contributed by atoms with E-state index in [0.29, 0.717) is 22.6 Å². The summed E-state index contributed by atoms with van der Waals surface area (Å²) in [6.07, 6.45) is 4.80. The molecule has 1 aliphatic rings. The van der Waals surface area contributed by atoms with E-state index in [1.54, 1.807) is 30.5 Å². The average molecular weight is 386 g/mol. The molecule has 4 rings (SSSR count). The molecule has 0 N–H and O–H groups in total. The van der Waals surface area contributed by atoms with Crippen molar-refractivity contribution in [1.29, 1.82) is 0 Å². The molecule has 27 heavy (non-hydrogen) atoms. The highest BCUT2D eigenvalue weighted by Crippen LogP contribution is 2.40. The molecule has 0 spiro atoms. The summed E-state index contributed by atoms with van der Waals surface area (Å²) in [6, 6.07) is 17.4. The van der Waals surface area contributed by atoms with E-state index in [1.807, 2.05) is 6.07 Å². The fourth-order valence-corrected chi connectivity index (χ4v) is 3.38. The zero-order valence-corrected chi connectivity index (χ0v) is 15.3. The molecule has 1 heterocycles. The van der Waals surface area contributed by atoms with E-state index in [1.165, 1.54) is 18.4 Å². The van der Waals surface area contributed by atoms with Crippen LogP contribution in [0.5, 0.6) is 5.88 Å². The lowest BCUT2D eigenvalue weighted by atomic mass is 10.00. The van der Waals surface area contributed by atoms with Crippen LogP contribution in [0, 0.1) is 0 Å². The molecule has 138 valence electrons. The van der Waals surface area contributed by atoms with Gasteiger partial charge in [0, 0.05) is 16.8 Å². The Hall–Kier alpha value is -2.46. The predicted octanol–water partition coefficient (Wildman–Crippen LogP) is 6.47. The van der Waals surface area contributed by atoms with Gasteiger partial charge < -0.3 is 4.74 Å². The lowest BCUT2D eigenvalue weighted by Gasteiger charge is -2.12. The Morgan fingerprint density at radius 3 is 2.48 bits per heavy atom. The Kier molecular flexibility index (Phi) is 5.08. The van der Waals surface area contributed by atoms with E-state index < -0.39 is 6.61 Å². The van der Waals surface area contributed by atoms with Gasteiger partial charge in [-0.25, -0.2) is 4.98 Å². The van der Waals surface area contributed by atoms with Gasteiger partial charge in [0.2, 0.25) is 5.88 Å². The molecule has 3 aromatic rings. The molecular formula is C22H18ClF2NO. The van der Waals surface area contributed by atoms with Crippen LogP contribution in [-0.2, 0) is 6.42 Å². The maximum absolute atomic E-state index is 12.8. The minimum absolute atomic E-state index is 0.0971. The molecule has 2 nitrogen and oxygen atoms in total. The third-order valence-electron chi connectivity index (χ3n) is 4.68. The molecule has 0 unspecified atom stereocenters. The van der Waals surface area contributed by atoms with Crippen LogP contribution in [0.1, 0.15) is 35.4 Å². The normalized spacial score (nSPS) is 13.8. The van der Waals surface area contributed by atoms with Gasteiger partial charge in [0.25, 0.3) is 0 Å². The van der Waals surface area contributed by atoms with Gasteiger partial charge in [-0.2, -0.15) is 8.78 Å². The molecule has 0 amide bonds. The molecular weight excluding hydrogens is 368 g/mol. The van der Waals surface area contributed by atoms with Crippen LogP contribution in [0.3, 0.4) is 0 Å². The monoisotopic (exact) mass is 385 g/mol. The number of alkyl halides is 2. The maximum Gasteiger partial charge on any atom is 0.388 e. The van der Waals surface area contributed by atoms with Gasteiger partial charge >= 0.3 is 6.61 Å². The molecule has 0 bridgehead atoms. The van der Waals surface area contributed by atoms with Crippen LogP contribution in [0.4, 0.5) is 8.78 Å². The number of nitrogens with zero attached hydrogens (tertiary/aromatic N) is 1. The number of ether oxygens (including phenoxy) is 1. The minimum atomic E-state index is -2.93. The van der Waals surface area contributed by atoms with Crippen molar-refractivity contribution in [2.24, 2.45) is 0 Å². The van der Waals surface area contributed by atoms with E-state index in [9.17, 15) is 8.78 Å². The van der Waals surface area contributed by atoms with Crippen LogP contribution in [0.2, 0.25) is 5.02 Å². The van der Waals surface area contributed by atoms with Crippen molar-refractivity contribution in [3.63, 3.8) is 0 Å². The number of pyridine rings is 1. The second kappa shape index (κ2) is 7.65. The fourth-order valence-electron chi connectivity index (χ4n) is 3.19. The highest BCUT2D eigenvalue weighted by molar-refractivity contribution is 6.30. The SMILES string of the molecule is FC(F)Oc1ncc(Cc2ccc(C3CC3)cc2)cc1-c1cccc(Cl)c1. The summed E-state index contributed by atoms with van der Waals surface area (Å²) in [6.45, 7) is -2.93. The number of hydrogen-bond acceptors (Lipinski definition) is 2. The van der Waals surface area contributed by atoms with Crippen molar-refractivity contribution in [2.45, 2.75) is 31.8 Å². The Morgan fingerprint density at radius 1 is 1.04 bits per heavy atom. The quantitative estimate of drug-likeness (QED) is 0.485. The molecule has 0 radical (unpaired) electrons.